The van der Waals surface area contributed by atoms with E-state index in [0.29, 0.717) is 24.0 Å². The van der Waals surface area contributed by atoms with E-state index in [1.165, 1.54) is 0 Å². The average Bonchev–Trinajstić information content (AvgIpc) is 3.08. The summed E-state index contributed by atoms with van der Waals surface area (Å²) in [6.07, 6.45) is 1.01. The van der Waals surface area contributed by atoms with Crippen LogP contribution in [0, 0.1) is 6.92 Å². The smallest absolute Gasteiger partial charge is 0.247 e. The summed E-state index contributed by atoms with van der Waals surface area (Å²) < 4.78 is 7.18. The Morgan fingerprint density at radius 3 is 2.86 bits per heavy atom. The van der Waals surface area contributed by atoms with E-state index in [0.717, 1.165) is 11.1 Å². The van der Waals surface area contributed by atoms with Gasteiger partial charge in [-0.3, -0.25) is 0 Å². The molecule has 0 radical (unpaired) electrons. The van der Waals surface area contributed by atoms with Gasteiger partial charge < -0.3 is 9.52 Å². The summed E-state index contributed by atoms with van der Waals surface area (Å²) in [6, 6.07) is 7.86. The van der Waals surface area contributed by atoms with Gasteiger partial charge in [-0.25, -0.2) is 4.68 Å². The third-order valence-electron chi connectivity index (χ3n) is 3.01. The molecular weight excluding hydrogens is 270 g/mol. The Labute approximate surface area is 121 Å². The molecule has 0 aliphatic heterocycles. The normalized spacial score (nSPS) is 12.5. The molecule has 0 fully saturated rings. The van der Waals surface area contributed by atoms with Crippen molar-refractivity contribution in [1.29, 1.82) is 0 Å². The van der Waals surface area contributed by atoms with Crippen molar-refractivity contribution >= 4 is 0 Å². The minimum atomic E-state index is -0.649. The summed E-state index contributed by atoms with van der Waals surface area (Å²) in [7, 11) is 0. The average molecular weight is 285 g/mol. The summed E-state index contributed by atoms with van der Waals surface area (Å²) in [6.45, 7) is 3.96. The molecule has 108 valence electrons. The summed E-state index contributed by atoms with van der Waals surface area (Å²) in [5.41, 5.74) is 2.52. The van der Waals surface area contributed by atoms with Gasteiger partial charge in [0.05, 0.1) is 12.3 Å². The first kappa shape index (κ1) is 13.4. The van der Waals surface area contributed by atoms with E-state index in [2.05, 4.69) is 20.5 Å². The summed E-state index contributed by atoms with van der Waals surface area (Å²) in [5.74, 6) is 0.915. The van der Waals surface area contributed by atoms with Crippen LogP contribution < -0.4 is 0 Å². The Balaban J connectivity index is 1.78. The fourth-order valence-corrected chi connectivity index (χ4v) is 1.93. The molecule has 0 spiro atoms. The molecule has 1 aromatic carbocycles. The molecule has 1 atom stereocenters. The van der Waals surface area contributed by atoms with Gasteiger partial charge in [0, 0.05) is 5.56 Å². The number of aromatic nitrogens is 5. The monoisotopic (exact) mass is 285 g/mol. The molecule has 21 heavy (non-hydrogen) atoms. The fraction of sp³-hybridized carbons (Fsp3) is 0.286. The first-order valence-corrected chi connectivity index (χ1v) is 6.59. The summed E-state index contributed by atoms with van der Waals surface area (Å²) in [4.78, 5) is 0. The molecule has 0 saturated heterocycles. The standard InChI is InChI=1S/C14H15N5O2/c1-9-4-3-5-11(6-9)14-17-16-13(21-14)8-19-7-12(10(2)20)15-18-19/h3-7,10,20H,8H2,1-2H3. The van der Waals surface area contributed by atoms with Gasteiger partial charge in [0.15, 0.2) is 0 Å². The van der Waals surface area contributed by atoms with Crippen molar-refractivity contribution in [2.75, 3.05) is 0 Å². The van der Waals surface area contributed by atoms with Crippen molar-refractivity contribution in [3.8, 4) is 11.5 Å². The van der Waals surface area contributed by atoms with E-state index < -0.39 is 6.10 Å². The minimum Gasteiger partial charge on any atom is -0.419 e. The molecule has 2 heterocycles. The number of aliphatic hydroxyl groups excluding tert-OH is 1. The highest BCUT2D eigenvalue weighted by Gasteiger charge is 2.11. The van der Waals surface area contributed by atoms with E-state index in [1.54, 1.807) is 17.8 Å². The first-order chi connectivity index (χ1) is 10.1. The van der Waals surface area contributed by atoms with Crippen LogP contribution in [0.15, 0.2) is 34.9 Å². The maximum atomic E-state index is 9.41. The molecule has 0 amide bonds. The molecule has 3 aromatic rings. The quantitative estimate of drug-likeness (QED) is 0.785. The highest BCUT2D eigenvalue weighted by atomic mass is 16.4. The van der Waals surface area contributed by atoms with Crippen LogP contribution >= 0.6 is 0 Å². The van der Waals surface area contributed by atoms with Crippen LogP contribution in [0.2, 0.25) is 0 Å². The molecule has 1 N–H and O–H groups in total. The minimum absolute atomic E-state index is 0.318. The second-order valence-electron chi connectivity index (χ2n) is 4.89. The fourth-order valence-electron chi connectivity index (χ4n) is 1.93. The van der Waals surface area contributed by atoms with Crippen molar-refractivity contribution in [3.63, 3.8) is 0 Å². The number of hydrogen-bond donors (Lipinski definition) is 1. The molecular formula is C14H15N5O2. The Kier molecular flexibility index (Phi) is 3.49. The van der Waals surface area contributed by atoms with Crippen LogP contribution in [-0.4, -0.2) is 30.3 Å². The number of nitrogens with zero attached hydrogens (tertiary/aromatic N) is 5. The van der Waals surface area contributed by atoms with E-state index in [-0.39, 0.29) is 0 Å². The first-order valence-electron chi connectivity index (χ1n) is 6.59. The van der Waals surface area contributed by atoms with Gasteiger partial charge in [-0.05, 0) is 26.0 Å². The zero-order valence-corrected chi connectivity index (χ0v) is 11.8. The van der Waals surface area contributed by atoms with Crippen molar-refractivity contribution in [2.45, 2.75) is 26.5 Å². The zero-order valence-electron chi connectivity index (χ0n) is 11.8. The number of rotatable bonds is 4. The Bertz CT molecular complexity index is 747. The van der Waals surface area contributed by atoms with E-state index in [9.17, 15) is 5.11 Å². The Hall–Kier alpha value is -2.54. The van der Waals surface area contributed by atoms with E-state index in [1.807, 2.05) is 31.2 Å². The molecule has 7 heteroatoms. The molecule has 3 rings (SSSR count). The van der Waals surface area contributed by atoms with Gasteiger partial charge in [0.2, 0.25) is 11.8 Å². The predicted octanol–water partition coefficient (Wildman–Crippen LogP) is 1.74. The third kappa shape index (κ3) is 2.97. The van der Waals surface area contributed by atoms with Gasteiger partial charge in [-0.15, -0.1) is 15.3 Å². The van der Waals surface area contributed by atoms with E-state index in [4.69, 9.17) is 4.42 Å². The lowest BCUT2D eigenvalue weighted by Gasteiger charge is -1.97. The lowest BCUT2D eigenvalue weighted by atomic mass is 10.1. The second-order valence-corrected chi connectivity index (χ2v) is 4.89. The summed E-state index contributed by atoms with van der Waals surface area (Å²) in [5, 5.41) is 25.2. The van der Waals surface area contributed by atoms with E-state index >= 15 is 0 Å². The summed E-state index contributed by atoms with van der Waals surface area (Å²) >= 11 is 0. The SMILES string of the molecule is Cc1cccc(-c2nnc(Cn3cc(C(C)O)nn3)o2)c1. The van der Waals surface area contributed by atoms with Crippen LogP contribution in [0.25, 0.3) is 11.5 Å². The topological polar surface area (TPSA) is 89.9 Å². The highest BCUT2D eigenvalue weighted by Crippen LogP contribution is 2.19. The van der Waals surface area contributed by atoms with Crippen LogP contribution in [0.3, 0.4) is 0 Å². The number of benzene rings is 1. The van der Waals surface area contributed by atoms with Crippen LogP contribution in [0.4, 0.5) is 0 Å². The molecule has 0 aliphatic carbocycles. The Morgan fingerprint density at radius 2 is 2.14 bits per heavy atom. The van der Waals surface area contributed by atoms with Crippen molar-refractivity contribution in [1.82, 2.24) is 25.2 Å². The molecule has 7 nitrogen and oxygen atoms in total. The van der Waals surface area contributed by atoms with Crippen LogP contribution in [-0.2, 0) is 6.54 Å². The molecule has 0 aliphatic rings. The lowest BCUT2D eigenvalue weighted by Crippen LogP contribution is -2.00. The zero-order chi connectivity index (χ0) is 14.8. The largest absolute Gasteiger partial charge is 0.419 e. The third-order valence-corrected chi connectivity index (χ3v) is 3.01. The van der Waals surface area contributed by atoms with Gasteiger partial charge in [-0.2, -0.15) is 0 Å². The molecule has 0 bridgehead atoms. The maximum Gasteiger partial charge on any atom is 0.247 e. The number of aryl methyl sites for hydroxylation is 1. The number of hydrogen-bond acceptors (Lipinski definition) is 6. The van der Waals surface area contributed by atoms with Crippen molar-refractivity contribution < 1.29 is 9.52 Å². The Morgan fingerprint density at radius 1 is 1.29 bits per heavy atom. The maximum absolute atomic E-state index is 9.41. The molecule has 1 unspecified atom stereocenters. The lowest BCUT2D eigenvalue weighted by molar-refractivity contribution is 0.194. The second kappa shape index (κ2) is 5.45. The van der Waals surface area contributed by atoms with Crippen molar-refractivity contribution in [3.05, 3.63) is 47.6 Å². The highest BCUT2D eigenvalue weighted by molar-refractivity contribution is 5.53. The molecule has 2 aromatic heterocycles. The van der Waals surface area contributed by atoms with Crippen LogP contribution in [0.5, 0.6) is 0 Å². The van der Waals surface area contributed by atoms with Gasteiger partial charge >= 0.3 is 0 Å². The molecule has 0 saturated carbocycles. The van der Waals surface area contributed by atoms with Crippen LogP contribution in [0.1, 0.15) is 30.2 Å². The van der Waals surface area contributed by atoms with Gasteiger partial charge in [0.25, 0.3) is 0 Å². The van der Waals surface area contributed by atoms with Crippen molar-refractivity contribution in [2.24, 2.45) is 0 Å². The number of aliphatic hydroxyl groups is 1. The van der Waals surface area contributed by atoms with Gasteiger partial charge in [0.1, 0.15) is 12.2 Å². The predicted molar refractivity (Wildman–Crippen MR) is 74.2 cm³/mol. The van der Waals surface area contributed by atoms with Gasteiger partial charge in [-0.1, -0.05) is 22.9 Å².